The van der Waals surface area contributed by atoms with Crippen molar-refractivity contribution in [1.29, 1.82) is 0 Å². The molecule has 90 valence electrons. The van der Waals surface area contributed by atoms with Crippen molar-refractivity contribution in [3.05, 3.63) is 35.3 Å². The van der Waals surface area contributed by atoms with Crippen molar-refractivity contribution in [2.75, 3.05) is 0 Å². The lowest BCUT2D eigenvalue weighted by Gasteiger charge is -2.10. The van der Waals surface area contributed by atoms with E-state index in [4.69, 9.17) is 5.11 Å². The molecule has 2 rings (SSSR count). The fourth-order valence-corrected chi connectivity index (χ4v) is 1.68. The third-order valence-corrected chi connectivity index (χ3v) is 2.31. The Bertz CT molecular complexity index is 601. The molecule has 0 spiro atoms. The average Bonchev–Trinajstić information content (AvgIpc) is 2.51. The molecule has 0 unspecified atom stereocenters. The summed E-state index contributed by atoms with van der Waals surface area (Å²) in [5.74, 6) is -1.44. The van der Waals surface area contributed by atoms with Crippen LogP contribution < -0.4 is 0 Å². The molecule has 7 heteroatoms. The number of aryl methyl sites for hydroxylation is 1. The van der Waals surface area contributed by atoms with E-state index in [9.17, 15) is 18.0 Å². The minimum Gasteiger partial charge on any atom is -0.477 e. The predicted octanol–water partition coefficient (Wildman–Crippen LogP) is 2.36. The predicted molar refractivity (Wildman–Crippen MR) is 51.9 cm³/mol. The summed E-state index contributed by atoms with van der Waals surface area (Å²) in [5.41, 5.74) is -1.50. The molecular formula is C10H7F3N2O2. The highest BCUT2D eigenvalue weighted by Crippen LogP contribution is 2.31. The standard InChI is InChI=1S/C10H7F3N2O2/c1-5-8(9(16)17)15-6(10(11,12)13)3-2-4-7(15)14-5/h2-4H,1H3,(H,16,17). The third-order valence-electron chi connectivity index (χ3n) is 2.31. The Hall–Kier alpha value is -2.05. The number of aromatic carboxylic acids is 1. The number of hydrogen-bond acceptors (Lipinski definition) is 2. The molecule has 0 saturated heterocycles. The van der Waals surface area contributed by atoms with Crippen LogP contribution in [-0.4, -0.2) is 20.5 Å². The van der Waals surface area contributed by atoms with E-state index in [1.54, 1.807) is 0 Å². The van der Waals surface area contributed by atoms with Gasteiger partial charge in [0.15, 0.2) is 5.69 Å². The summed E-state index contributed by atoms with van der Waals surface area (Å²) >= 11 is 0. The minimum absolute atomic E-state index is 0.0327. The van der Waals surface area contributed by atoms with Gasteiger partial charge in [0, 0.05) is 0 Å². The Morgan fingerprint density at radius 3 is 2.59 bits per heavy atom. The van der Waals surface area contributed by atoms with Crippen molar-refractivity contribution >= 4 is 11.6 Å². The largest absolute Gasteiger partial charge is 0.477 e. The van der Waals surface area contributed by atoms with Gasteiger partial charge >= 0.3 is 12.1 Å². The number of nitrogens with zero attached hydrogens (tertiary/aromatic N) is 2. The molecule has 0 aliphatic heterocycles. The van der Waals surface area contributed by atoms with Crippen LogP contribution in [0.2, 0.25) is 0 Å². The number of fused-ring (bicyclic) bond motifs is 1. The van der Waals surface area contributed by atoms with Crippen molar-refractivity contribution in [2.24, 2.45) is 0 Å². The summed E-state index contributed by atoms with van der Waals surface area (Å²) in [5, 5.41) is 8.91. The second-order valence-electron chi connectivity index (χ2n) is 3.45. The number of carboxylic acid groups (broad SMARTS) is 1. The Balaban J connectivity index is 2.91. The molecule has 0 amide bonds. The second kappa shape index (κ2) is 3.47. The molecule has 2 aromatic heterocycles. The second-order valence-corrected chi connectivity index (χ2v) is 3.45. The van der Waals surface area contributed by atoms with Crippen LogP contribution in [0, 0.1) is 6.92 Å². The molecule has 2 heterocycles. The van der Waals surface area contributed by atoms with Crippen molar-refractivity contribution in [3.63, 3.8) is 0 Å². The van der Waals surface area contributed by atoms with Gasteiger partial charge in [-0.25, -0.2) is 9.78 Å². The molecular weight excluding hydrogens is 237 g/mol. The Labute approximate surface area is 93.3 Å². The summed E-state index contributed by atoms with van der Waals surface area (Å²) in [6, 6.07) is 3.34. The van der Waals surface area contributed by atoms with Gasteiger partial charge in [0.2, 0.25) is 0 Å². The summed E-state index contributed by atoms with van der Waals surface area (Å²) < 4.78 is 38.8. The van der Waals surface area contributed by atoms with Crippen molar-refractivity contribution in [3.8, 4) is 0 Å². The van der Waals surface area contributed by atoms with Crippen LogP contribution in [0.5, 0.6) is 0 Å². The number of imidazole rings is 1. The number of pyridine rings is 1. The monoisotopic (exact) mass is 244 g/mol. The normalized spacial score (nSPS) is 12.0. The molecule has 0 aromatic carbocycles. The van der Waals surface area contributed by atoms with Crippen molar-refractivity contribution in [1.82, 2.24) is 9.38 Å². The maximum atomic E-state index is 12.7. The SMILES string of the molecule is Cc1nc2cccc(C(F)(F)F)n2c1C(=O)O. The number of halogens is 3. The van der Waals surface area contributed by atoms with Crippen LogP contribution in [-0.2, 0) is 6.18 Å². The van der Waals surface area contributed by atoms with Gasteiger partial charge in [-0.1, -0.05) is 6.07 Å². The molecule has 0 fully saturated rings. The van der Waals surface area contributed by atoms with Crippen LogP contribution >= 0.6 is 0 Å². The molecule has 0 radical (unpaired) electrons. The van der Waals surface area contributed by atoms with Gasteiger partial charge in [0.25, 0.3) is 0 Å². The Morgan fingerprint density at radius 1 is 1.41 bits per heavy atom. The number of alkyl halides is 3. The van der Waals surface area contributed by atoms with Crippen LogP contribution in [0.3, 0.4) is 0 Å². The highest BCUT2D eigenvalue weighted by molar-refractivity contribution is 5.88. The summed E-state index contributed by atoms with van der Waals surface area (Å²) in [6.07, 6.45) is -4.63. The fourth-order valence-electron chi connectivity index (χ4n) is 1.68. The lowest BCUT2D eigenvalue weighted by Crippen LogP contribution is -2.15. The van der Waals surface area contributed by atoms with Gasteiger partial charge in [0.05, 0.1) is 5.69 Å². The van der Waals surface area contributed by atoms with Crippen molar-refractivity contribution < 1.29 is 23.1 Å². The highest BCUT2D eigenvalue weighted by Gasteiger charge is 2.35. The molecule has 0 aliphatic carbocycles. The van der Waals surface area contributed by atoms with E-state index in [0.29, 0.717) is 4.40 Å². The van der Waals surface area contributed by atoms with Gasteiger partial charge < -0.3 is 5.11 Å². The lowest BCUT2D eigenvalue weighted by molar-refractivity contribution is -0.142. The minimum atomic E-state index is -4.63. The fraction of sp³-hybridized carbons (Fsp3) is 0.200. The highest BCUT2D eigenvalue weighted by atomic mass is 19.4. The quantitative estimate of drug-likeness (QED) is 0.837. The Morgan fingerprint density at radius 2 is 2.06 bits per heavy atom. The zero-order valence-corrected chi connectivity index (χ0v) is 8.62. The lowest BCUT2D eigenvalue weighted by atomic mass is 10.3. The van der Waals surface area contributed by atoms with Crippen LogP contribution in [0.15, 0.2) is 18.2 Å². The summed E-state index contributed by atoms with van der Waals surface area (Å²) in [6.45, 7) is 1.36. The summed E-state index contributed by atoms with van der Waals surface area (Å²) in [4.78, 5) is 14.7. The summed E-state index contributed by atoms with van der Waals surface area (Å²) in [7, 11) is 0. The molecule has 2 aromatic rings. The number of carboxylic acids is 1. The number of carbonyl (C=O) groups is 1. The van der Waals surface area contributed by atoms with E-state index < -0.39 is 23.5 Å². The zero-order valence-electron chi connectivity index (χ0n) is 8.62. The van der Waals surface area contributed by atoms with Crippen LogP contribution in [0.25, 0.3) is 5.65 Å². The Kier molecular flexibility index (Phi) is 2.34. The number of aromatic nitrogens is 2. The first-order valence-corrected chi connectivity index (χ1v) is 4.61. The molecule has 1 N–H and O–H groups in total. The van der Waals surface area contributed by atoms with Crippen LogP contribution in [0.4, 0.5) is 13.2 Å². The molecule has 17 heavy (non-hydrogen) atoms. The maximum absolute atomic E-state index is 12.7. The smallest absolute Gasteiger partial charge is 0.431 e. The molecule has 0 aliphatic rings. The molecule has 0 bridgehead atoms. The van der Waals surface area contributed by atoms with Gasteiger partial charge in [-0.15, -0.1) is 0 Å². The molecule has 0 atom stereocenters. The van der Waals surface area contributed by atoms with Gasteiger partial charge in [-0.05, 0) is 19.1 Å². The first kappa shape index (κ1) is 11.4. The molecule has 0 saturated carbocycles. The van der Waals surface area contributed by atoms with Gasteiger partial charge in [0.1, 0.15) is 11.3 Å². The van der Waals surface area contributed by atoms with E-state index in [2.05, 4.69) is 4.98 Å². The van der Waals surface area contributed by atoms with Crippen LogP contribution in [0.1, 0.15) is 21.9 Å². The number of hydrogen-bond donors (Lipinski definition) is 1. The van der Waals surface area contributed by atoms with Gasteiger partial charge in [-0.2, -0.15) is 13.2 Å². The topological polar surface area (TPSA) is 54.6 Å². The average molecular weight is 244 g/mol. The third kappa shape index (κ3) is 1.73. The maximum Gasteiger partial charge on any atom is 0.431 e. The van der Waals surface area contributed by atoms with E-state index in [0.717, 1.165) is 6.07 Å². The first-order valence-electron chi connectivity index (χ1n) is 4.61. The number of rotatable bonds is 1. The van der Waals surface area contributed by atoms with E-state index in [1.165, 1.54) is 19.1 Å². The van der Waals surface area contributed by atoms with Gasteiger partial charge in [-0.3, -0.25) is 4.40 Å². The first-order chi connectivity index (χ1) is 7.82. The van der Waals surface area contributed by atoms with Crippen molar-refractivity contribution in [2.45, 2.75) is 13.1 Å². The van der Waals surface area contributed by atoms with E-state index >= 15 is 0 Å². The van der Waals surface area contributed by atoms with E-state index in [-0.39, 0.29) is 11.3 Å². The zero-order chi connectivity index (χ0) is 12.8. The molecule has 4 nitrogen and oxygen atoms in total. The van der Waals surface area contributed by atoms with E-state index in [1.807, 2.05) is 0 Å².